The Hall–Kier alpha value is -4.90. The molecule has 0 bridgehead atoms. The molecule has 4 aromatic heterocycles. The number of hydrogen-bond donors (Lipinski definition) is 0. The van der Waals surface area contributed by atoms with Crippen molar-refractivity contribution in [2.24, 2.45) is 0 Å². The quantitative estimate of drug-likeness (QED) is 0.170. The van der Waals surface area contributed by atoms with Gasteiger partial charge in [-0.05, 0) is 42.9 Å². The van der Waals surface area contributed by atoms with Crippen LogP contribution in [0.4, 0.5) is 0 Å². The fraction of sp³-hybridized carbons (Fsp3) is 0.0541. The Kier molecular flexibility index (Phi) is 7.97. The number of hydrogen-bond acceptors (Lipinski definition) is 4. The van der Waals surface area contributed by atoms with E-state index in [9.17, 15) is 0 Å². The molecule has 0 saturated carbocycles. The molecule has 0 saturated heterocycles. The van der Waals surface area contributed by atoms with Crippen molar-refractivity contribution >= 4 is 33.0 Å². The Morgan fingerprint density at radius 2 is 1.58 bits per heavy atom. The van der Waals surface area contributed by atoms with Gasteiger partial charge in [0.05, 0.1) is 28.6 Å². The number of aryl methyl sites for hydroxylation is 2. The fourth-order valence-electron chi connectivity index (χ4n) is 5.26. The van der Waals surface area contributed by atoms with E-state index < -0.39 is 0 Å². The van der Waals surface area contributed by atoms with Crippen molar-refractivity contribution in [3.05, 3.63) is 145 Å². The largest absolute Gasteiger partial charge is 0.501 e. The van der Waals surface area contributed by atoms with E-state index in [1.54, 1.807) is 6.20 Å². The van der Waals surface area contributed by atoms with Gasteiger partial charge in [0.2, 0.25) is 0 Å². The molecule has 5 nitrogen and oxygen atoms in total. The summed E-state index contributed by atoms with van der Waals surface area (Å²) in [5.74, 6) is 0.799. The molecule has 0 aliphatic heterocycles. The molecule has 8 rings (SSSR count). The van der Waals surface area contributed by atoms with Crippen LogP contribution in [0.3, 0.4) is 0 Å². The van der Waals surface area contributed by atoms with Gasteiger partial charge in [0.1, 0.15) is 5.58 Å². The third-order valence-electron chi connectivity index (χ3n) is 7.22. The summed E-state index contributed by atoms with van der Waals surface area (Å²) in [6.45, 7) is 4.08. The maximum Gasteiger partial charge on any atom is 0.120 e. The fourth-order valence-corrected chi connectivity index (χ4v) is 5.26. The summed E-state index contributed by atoms with van der Waals surface area (Å²) >= 11 is 0. The molecule has 1 radical (unpaired) electrons. The number of aromatic nitrogens is 4. The Balaban J connectivity index is 0.000000213. The monoisotopic (exact) mass is 735 g/mol. The molecule has 211 valence electrons. The van der Waals surface area contributed by atoms with Crippen LogP contribution in [0.5, 0.6) is 0 Å². The van der Waals surface area contributed by atoms with E-state index >= 15 is 0 Å². The molecule has 0 amide bonds. The standard InChI is InChI=1S/C26H18N3O.C11H8N.Ir/c1-16-12-13-20(25-24(16)19-10-6-7-11-23(19)30-25)26-28-21-14-17(2)27-15-22(21)29(26)18-8-4-3-5-9-18;1-2-6-10(7-3-1)11-8-4-5-9-12-11;/h3-12,14-15H,1-2H3;1-6,8-9H;/q2*-1;. The molecule has 4 aromatic carbocycles. The first-order chi connectivity index (χ1) is 20.7. The maximum atomic E-state index is 6.33. The number of rotatable bonds is 3. The van der Waals surface area contributed by atoms with Crippen molar-refractivity contribution in [1.29, 1.82) is 0 Å². The van der Waals surface area contributed by atoms with Crippen LogP contribution in [0.25, 0.3) is 61.3 Å². The minimum Gasteiger partial charge on any atom is -0.501 e. The number of pyridine rings is 2. The Morgan fingerprint density at radius 3 is 2.37 bits per heavy atom. The van der Waals surface area contributed by atoms with E-state index in [1.165, 1.54) is 0 Å². The topological polar surface area (TPSA) is 56.7 Å². The van der Waals surface area contributed by atoms with Gasteiger partial charge in [-0.1, -0.05) is 66.4 Å². The van der Waals surface area contributed by atoms with E-state index in [0.29, 0.717) is 0 Å². The van der Waals surface area contributed by atoms with Gasteiger partial charge in [-0.15, -0.1) is 53.6 Å². The van der Waals surface area contributed by atoms with Gasteiger partial charge in [-0.25, -0.2) is 0 Å². The number of benzene rings is 4. The molecule has 0 N–H and O–H groups in total. The predicted octanol–water partition coefficient (Wildman–Crippen LogP) is 8.95. The van der Waals surface area contributed by atoms with E-state index in [4.69, 9.17) is 9.40 Å². The van der Waals surface area contributed by atoms with E-state index in [1.807, 2.05) is 104 Å². The molecule has 0 fully saturated rings. The minimum absolute atomic E-state index is 0. The number of nitrogens with zero attached hydrogens (tertiary/aromatic N) is 4. The molecule has 0 atom stereocenters. The number of imidazole rings is 1. The normalized spacial score (nSPS) is 10.8. The second kappa shape index (κ2) is 12.1. The SMILES string of the molecule is Cc1cc2nc(-c3[c-]cc(C)c4c3oc3ccccc34)n(-c3ccccc3)c2cn1.[Ir].[c-]1ccccc1-c1ccccn1. The van der Waals surface area contributed by atoms with Crippen LogP contribution in [0.2, 0.25) is 0 Å². The predicted molar refractivity (Wildman–Crippen MR) is 168 cm³/mol. The van der Waals surface area contributed by atoms with Crippen molar-refractivity contribution in [3.8, 4) is 28.3 Å². The summed E-state index contributed by atoms with van der Waals surface area (Å²) in [5, 5.41) is 2.22. The van der Waals surface area contributed by atoms with E-state index in [-0.39, 0.29) is 20.1 Å². The third kappa shape index (κ3) is 5.39. The second-order valence-electron chi connectivity index (χ2n) is 10.1. The summed E-state index contributed by atoms with van der Waals surface area (Å²) in [7, 11) is 0. The molecule has 43 heavy (non-hydrogen) atoms. The first-order valence-corrected chi connectivity index (χ1v) is 13.8. The van der Waals surface area contributed by atoms with Gasteiger partial charge in [-0.3, -0.25) is 9.97 Å². The van der Waals surface area contributed by atoms with Gasteiger partial charge in [-0.2, -0.15) is 0 Å². The number of para-hydroxylation sites is 2. The average Bonchev–Trinajstić information content (AvgIpc) is 3.62. The molecule has 8 aromatic rings. The van der Waals surface area contributed by atoms with Crippen LogP contribution in [0.1, 0.15) is 11.3 Å². The van der Waals surface area contributed by atoms with Gasteiger partial charge >= 0.3 is 0 Å². The second-order valence-corrected chi connectivity index (χ2v) is 10.1. The zero-order valence-corrected chi connectivity index (χ0v) is 26.0. The van der Waals surface area contributed by atoms with Gasteiger partial charge in [0, 0.05) is 43.1 Å². The molecule has 4 heterocycles. The van der Waals surface area contributed by atoms with Crippen LogP contribution in [-0.4, -0.2) is 19.5 Å². The summed E-state index contributed by atoms with van der Waals surface area (Å²) in [6.07, 6.45) is 3.67. The maximum absolute atomic E-state index is 6.33. The van der Waals surface area contributed by atoms with Gasteiger partial charge in [0.25, 0.3) is 0 Å². The molecule has 0 spiro atoms. The zero-order valence-electron chi connectivity index (χ0n) is 23.6. The average molecular weight is 735 g/mol. The third-order valence-corrected chi connectivity index (χ3v) is 7.22. The van der Waals surface area contributed by atoms with Crippen LogP contribution in [0.15, 0.2) is 126 Å². The van der Waals surface area contributed by atoms with Crippen LogP contribution < -0.4 is 0 Å². The molecule has 6 heteroatoms. The van der Waals surface area contributed by atoms with Crippen LogP contribution in [0, 0.1) is 26.0 Å². The van der Waals surface area contributed by atoms with Crippen molar-refractivity contribution in [3.63, 3.8) is 0 Å². The first kappa shape index (κ1) is 28.2. The van der Waals surface area contributed by atoms with E-state index in [0.717, 1.165) is 72.6 Å². The van der Waals surface area contributed by atoms with Crippen molar-refractivity contribution in [2.75, 3.05) is 0 Å². The Morgan fingerprint density at radius 1 is 0.791 bits per heavy atom. The molecule has 0 aliphatic rings. The summed E-state index contributed by atoms with van der Waals surface area (Å²) in [5.41, 5.74) is 9.51. The first-order valence-electron chi connectivity index (χ1n) is 13.8. The summed E-state index contributed by atoms with van der Waals surface area (Å²) in [6, 6.07) is 42.7. The van der Waals surface area contributed by atoms with E-state index in [2.05, 4.69) is 51.8 Å². The summed E-state index contributed by atoms with van der Waals surface area (Å²) < 4.78 is 8.46. The van der Waals surface area contributed by atoms with Gasteiger partial charge in [0.15, 0.2) is 0 Å². The Bertz CT molecular complexity index is 2120. The summed E-state index contributed by atoms with van der Waals surface area (Å²) in [4.78, 5) is 13.7. The van der Waals surface area contributed by atoms with Crippen LogP contribution in [-0.2, 0) is 20.1 Å². The van der Waals surface area contributed by atoms with Crippen LogP contribution >= 0.6 is 0 Å². The minimum atomic E-state index is 0. The van der Waals surface area contributed by atoms with Crippen molar-refractivity contribution in [2.45, 2.75) is 13.8 Å². The number of furan rings is 1. The smallest absolute Gasteiger partial charge is 0.120 e. The van der Waals surface area contributed by atoms with Gasteiger partial charge < -0.3 is 14.0 Å². The van der Waals surface area contributed by atoms with Crippen molar-refractivity contribution < 1.29 is 24.5 Å². The molecule has 0 unspecified atom stereocenters. The van der Waals surface area contributed by atoms with Crippen molar-refractivity contribution in [1.82, 2.24) is 19.5 Å². The molecular weight excluding hydrogens is 709 g/mol. The molecule has 0 aliphatic carbocycles. The zero-order chi connectivity index (χ0) is 28.5. The molecular formula is C37H26IrN4O-2. The number of fused-ring (bicyclic) bond motifs is 4. The Labute approximate surface area is 263 Å².